The molecular formula is C20H18F2N4. The average Bonchev–Trinajstić information content (AvgIpc) is 2.61. The summed E-state index contributed by atoms with van der Waals surface area (Å²) in [5, 5.41) is 7.92. The zero-order chi connectivity index (χ0) is 18.6. The summed E-state index contributed by atoms with van der Waals surface area (Å²) in [4.78, 5) is 9.29. The molecule has 0 amide bonds. The van der Waals surface area contributed by atoms with Crippen LogP contribution in [0.4, 0.5) is 8.78 Å². The molecule has 1 unspecified atom stereocenters. The molecule has 0 saturated heterocycles. The Balaban J connectivity index is 1.97. The van der Waals surface area contributed by atoms with Gasteiger partial charge in [-0.3, -0.25) is 4.99 Å². The zero-order valence-corrected chi connectivity index (χ0v) is 15.0. The van der Waals surface area contributed by atoms with Gasteiger partial charge in [0.1, 0.15) is 5.71 Å². The van der Waals surface area contributed by atoms with Gasteiger partial charge in [-0.15, -0.1) is 10.2 Å². The maximum absolute atomic E-state index is 13.9. The molecule has 1 atom stereocenters. The molecule has 132 valence electrons. The monoisotopic (exact) mass is 352 g/mol. The summed E-state index contributed by atoms with van der Waals surface area (Å²) in [6.45, 7) is 8.36. The van der Waals surface area contributed by atoms with Crippen molar-refractivity contribution in [2.45, 2.75) is 39.2 Å². The fourth-order valence-electron chi connectivity index (χ4n) is 3.48. The molecule has 2 heterocycles. The van der Waals surface area contributed by atoms with Gasteiger partial charge < -0.3 is 0 Å². The molecule has 2 aromatic carbocycles. The lowest BCUT2D eigenvalue weighted by molar-refractivity contribution is 0.430. The third-order valence-electron chi connectivity index (χ3n) is 5.20. The van der Waals surface area contributed by atoms with E-state index in [1.54, 1.807) is 0 Å². The van der Waals surface area contributed by atoms with E-state index in [-0.39, 0.29) is 22.5 Å². The largest absolute Gasteiger partial charge is 0.274 e. The topological polar surface area (TPSA) is 51.0 Å². The van der Waals surface area contributed by atoms with Crippen LogP contribution in [0.1, 0.15) is 49.2 Å². The summed E-state index contributed by atoms with van der Waals surface area (Å²) in [7, 11) is 0. The Kier molecular flexibility index (Phi) is 3.61. The molecule has 26 heavy (non-hydrogen) atoms. The van der Waals surface area contributed by atoms with E-state index in [4.69, 9.17) is 4.99 Å². The second kappa shape index (κ2) is 5.62. The molecule has 1 aliphatic heterocycles. The van der Waals surface area contributed by atoms with Crippen LogP contribution in [0.2, 0.25) is 0 Å². The predicted octanol–water partition coefficient (Wildman–Crippen LogP) is 4.34. The summed E-state index contributed by atoms with van der Waals surface area (Å²) in [6, 6.07) is 8.49. The quantitative estimate of drug-likeness (QED) is 0.654. The molecule has 3 aromatic rings. The SMILES string of the molecule is Cc1cccc2c1C(C)C(C)(C)N=C2c1nnc2c(F)c(F)ccc2n1. The molecule has 1 aliphatic rings. The van der Waals surface area contributed by atoms with Crippen molar-refractivity contribution < 1.29 is 8.78 Å². The molecule has 0 saturated carbocycles. The fourth-order valence-corrected chi connectivity index (χ4v) is 3.48. The standard InChI is InChI=1S/C20H18F2N4/c1-10-6-5-7-12-15(10)11(2)20(3,4)24-17(12)19-23-14-9-8-13(21)16(22)18(14)25-26-19/h5-9,11H,1-4H3. The van der Waals surface area contributed by atoms with Crippen molar-refractivity contribution in [3.05, 3.63) is 64.5 Å². The number of hydrogen-bond acceptors (Lipinski definition) is 4. The minimum Gasteiger partial charge on any atom is -0.274 e. The van der Waals surface area contributed by atoms with E-state index in [1.807, 2.05) is 12.1 Å². The number of aromatic nitrogens is 3. The second-order valence-corrected chi connectivity index (χ2v) is 7.24. The Morgan fingerprint density at radius 2 is 1.81 bits per heavy atom. The summed E-state index contributed by atoms with van der Waals surface area (Å²) in [5.41, 5.74) is 3.70. The number of halogens is 2. The van der Waals surface area contributed by atoms with Crippen LogP contribution < -0.4 is 0 Å². The van der Waals surface area contributed by atoms with Crippen LogP contribution in [0.3, 0.4) is 0 Å². The molecule has 0 radical (unpaired) electrons. The van der Waals surface area contributed by atoms with E-state index in [1.165, 1.54) is 17.2 Å². The first-order valence-electron chi connectivity index (χ1n) is 8.48. The first kappa shape index (κ1) is 16.7. The van der Waals surface area contributed by atoms with Gasteiger partial charge in [-0.25, -0.2) is 13.8 Å². The molecule has 0 aliphatic carbocycles. The summed E-state index contributed by atoms with van der Waals surface area (Å²) in [5.74, 6) is -1.46. The fraction of sp³-hybridized carbons (Fsp3) is 0.300. The number of rotatable bonds is 1. The van der Waals surface area contributed by atoms with Gasteiger partial charge in [0, 0.05) is 11.5 Å². The maximum Gasteiger partial charge on any atom is 0.201 e. The number of fused-ring (bicyclic) bond motifs is 2. The van der Waals surface area contributed by atoms with E-state index < -0.39 is 11.6 Å². The van der Waals surface area contributed by atoms with Gasteiger partial charge in [0.2, 0.25) is 5.82 Å². The maximum atomic E-state index is 13.9. The van der Waals surface area contributed by atoms with Gasteiger partial charge in [-0.05, 0) is 44.0 Å². The number of hydrogen-bond donors (Lipinski definition) is 0. The average molecular weight is 352 g/mol. The lowest BCUT2D eigenvalue weighted by Crippen LogP contribution is -2.34. The second-order valence-electron chi connectivity index (χ2n) is 7.24. The minimum absolute atomic E-state index is 0.178. The van der Waals surface area contributed by atoms with Crippen LogP contribution in [0.25, 0.3) is 11.0 Å². The Labute approximate surface area is 150 Å². The minimum atomic E-state index is -1.04. The van der Waals surface area contributed by atoms with Gasteiger partial charge in [0.05, 0.1) is 11.1 Å². The first-order chi connectivity index (χ1) is 12.3. The van der Waals surface area contributed by atoms with Gasteiger partial charge in [0.15, 0.2) is 17.2 Å². The number of aryl methyl sites for hydroxylation is 1. The van der Waals surface area contributed by atoms with E-state index in [2.05, 4.69) is 48.9 Å². The highest BCUT2D eigenvalue weighted by Gasteiger charge is 2.36. The number of benzene rings is 2. The highest BCUT2D eigenvalue weighted by atomic mass is 19.2. The van der Waals surface area contributed by atoms with Crippen LogP contribution in [-0.4, -0.2) is 26.4 Å². The van der Waals surface area contributed by atoms with Crippen LogP contribution >= 0.6 is 0 Å². The Morgan fingerprint density at radius 3 is 2.58 bits per heavy atom. The molecule has 1 aromatic heterocycles. The van der Waals surface area contributed by atoms with Crippen molar-refractivity contribution in [1.29, 1.82) is 0 Å². The Morgan fingerprint density at radius 1 is 1.04 bits per heavy atom. The molecule has 4 nitrogen and oxygen atoms in total. The van der Waals surface area contributed by atoms with Crippen molar-refractivity contribution in [3.8, 4) is 0 Å². The predicted molar refractivity (Wildman–Crippen MR) is 96.6 cm³/mol. The smallest absolute Gasteiger partial charge is 0.201 e. The van der Waals surface area contributed by atoms with E-state index in [9.17, 15) is 8.78 Å². The van der Waals surface area contributed by atoms with E-state index in [0.717, 1.165) is 11.6 Å². The van der Waals surface area contributed by atoms with Crippen LogP contribution in [-0.2, 0) is 0 Å². The van der Waals surface area contributed by atoms with Gasteiger partial charge in [0.25, 0.3) is 0 Å². The number of aliphatic imine (C=N–C) groups is 1. The van der Waals surface area contributed by atoms with Crippen LogP contribution in [0.5, 0.6) is 0 Å². The lowest BCUT2D eigenvalue weighted by atomic mass is 9.76. The Hall–Kier alpha value is -2.76. The van der Waals surface area contributed by atoms with Crippen molar-refractivity contribution in [1.82, 2.24) is 15.2 Å². The van der Waals surface area contributed by atoms with Crippen molar-refractivity contribution in [2.24, 2.45) is 4.99 Å². The molecule has 0 bridgehead atoms. The normalized spacial score (nSPS) is 18.5. The number of nitrogens with zero attached hydrogens (tertiary/aromatic N) is 4. The molecule has 6 heteroatoms. The third-order valence-corrected chi connectivity index (χ3v) is 5.20. The highest BCUT2D eigenvalue weighted by Crippen LogP contribution is 2.40. The van der Waals surface area contributed by atoms with Gasteiger partial charge in [-0.1, -0.05) is 25.1 Å². The molecule has 0 fully saturated rings. The third kappa shape index (κ3) is 2.40. The first-order valence-corrected chi connectivity index (χ1v) is 8.48. The molecule has 4 rings (SSSR count). The molecular weight excluding hydrogens is 334 g/mol. The van der Waals surface area contributed by atoms with Gasteiger partial charge >= 0.3 is 0 Å². The van der Waals surface area contributed by atoms with Crippen molar-refractivity contribution >= 4 is 16.7 Å². The van der Waals surface area contributed by atoms with Gasteiger partial charge in [-0.2, -0.15) is 0 Å². The van der Waals surface area contributed by atoms with Crippen molar-refractivity contribution in [3.63, 3.8) is 0 Å². The Bertz CT molecular complexity index is 1070. The van der Waals surface area contributed by atoms with E-state index >= 15 is 0 Å². The van der Waals surface area contributed by atoms with Crippen LogP contribution in [0.15, 0.2) is 35.3 Å². The summed E-state index contributed by atoms with van der Waals surface area (Å²) < 4.78 is 27.3. The summed E-state index contributed by atoms with van der Waals surface area (Å²) in [6.07, 6.45) is 0. The lowest BCUT2D eigenvalue weighted by Gasteiger charge is -2.36. The zero-order valence-electron chi connectivity index (χ0n) is 15.0. The van der Waals surface area contributed by atoms with Crippen LogP contribution in [0, 0.1) is 18.6 Å². The summed E-state index contributed by atoms with van der Waals surface area (Å²) >= 11 is 0. The van der Waals surface area contributed by atoms with Crippen molar-refractivity contribution in [2.75, 3.05) is 0 Å². The van der Waals surface area contributed by atoms with E-state index in [0.29, 0.717) is 11.5 Å². The molecule has 0 N–H and O–H groups in total. The highest BCUT2D eigenvalue weighted by molar-refractivity contribution is 6.13. The molecule has 0 spiro atoms.